The molecule has 0 aliphatic rings. The summed E-state index contributed by atoms with van der Waals surface area (Å²) in [5.41, 5.74) is 0. The van der Waals surface area contributed by atoms with Crippen LogP contribution >= 0.6 is 0 Å². The Kier molecular flexibility index (Phi) is 9.51. The average molecular weight is 208 g/mol. The first-order valence-electron chi connectivity index (χ1n) is 3.64. The van der Waals surface area contributed by atoms with E-state index in [-0.39, 0.29) is 68.7 Å². The maximum Gasteiger partial charge on any atom is 1.00 e. The van der Waals surface area contributed by atoms with Gasteiger partial charge in [-0.1, -0.05) is 0 Å². The van der Waals surface area contributed by atoms with Gasteiger partial charge in [0, 0.05) is 0 Å². The Balaban J connectivity index is 0. The topological polar surface area (TPSA) is 59.5 Å². The predicted octanol–water partition coefficient (Wildman–Crippen LogP) is -0.993. The molecule has 0 saturated heterocycles. The standard InChI is InChI=1S/C9H12O2.K.H2O/c1-7(2)11-9-5-3-8(10)4-6-9;;/h3-7,10H,1-2H3;;1H2/q;+1;/p-1. The largest absolute Gasteiger partial charge is 1.00 e. The summed E-state index contributed by atoms with van der Waals surface area (Å²) in [7, 11) is 0. The van der Waals surface area contributed by atoms with Gasteiger partial charge in [0.05, 0.1) is 6.10 Å². The summed E-state index contributed by atoms with van der Waals surface area (Å²) in [6.07, 6.45) is 0.180. The summed E-state index contributed by atoms with van der Waals surface area (Å²) in [5, 5.41) is 8.94. The van der Waals surface area contributed by atoms with Gasteiger partial charge in [-0.2, -0.15) is 0 Å². The van der Waals surface area contributed by atoms with Gasteiger partial charge < -0.3 is 15.3 Å². The van der Waals surface area contributed by atoms with Crippen LogP contribution in [0.1, 0.15) is 13.8 Å². The van der Waals surface area contributed by atoms with Crippen molar-refractivity contribution in [2.75, 3.05) is 0 Å². The first kappa shape index (κ1) is 15.9. The van der Waals surface area contributed by atoms with Crippen molar-refractivity contribution in [1.29, 1.82) is 0 Å². The minimum absolute atomic E-state index is 0. The summed E-state index contributed by atoms with van der Waals surface area (Å²) in [6, 6.07) is 6.71. The zero-order valence-corrected chi connectivity index (χ0v) is 11.3. The van der Waals surface area contributed by atoms with Crippen LogP contribution in [0, 0.1) is 0 Å². The molecule has 0 aliphatic carbocycles. The molecular formula is C9H13KO3. The summed E-state index contributed by atoms with van der Waals surface area (Å²) >= 11 is 0. The molecule has 1 aromatic carbocycles. The summed E-state index contributed by atoms with van der Waals surface area (Å²) < 4.78 is 5.36. The molecule has 0 atom stereocenters. The van der Waals surface area contributed by atoms with E-state index in [9.17, 15) is 0 Å². The SMILES string of the molecule is CC(C)Oc1ccc(O)cc1.[K+].[OH-]. The van der Waals surface area contributed by atoms with E-state index in [2.05, 4.69) is 0 Å². The molecule has 0 amide bonds. The van der Waals surface area contributed by atoms with Crippen LogP contribution in [0.2, 0.25) is 0 Å². The van der Waals surface area contributed by atoms with Crippen LogP contribution in [0.3, 0.4) is 0 Å². The quantitative estimate of drug-likeness (QED) is 0.635. The Morgan fingerprint density at radius 3 is 2.00 bits per heavy atom. The van der Waals surface area contributed by atoms with E-state index in [1.165, 1.54) is 0 Å². The molecule has 0 heterocycles. The predicted molar refractivity (Wildman–Crippen MR) is 45.8 cm³/mol. The molecule has 13 heavy (non-hydrogen) atoms. The third kappa shape index (κ3) is 6.48. The second-order valence-electron chi connectivity index (χ2n) is 2.66. The molecule has 2 N–H and O–H groups in total. The van der Waals surface area contributed by atoms with Crippen molar-refractivity contribution in [1.82, 2.24) is 0 Å². The van der Waals surface area contributed by atoms with Crippen LogP contribution in [0.25, 0.3) is 0 Å². The fourth-order valence-corrected chi connectivity index (χ4v) is 0.797. The van der Waals surface area contributed by atoms with Gasteiger partial charge in [-0.3, -0.25) is 0 Å². The second kappa shape index (κ2) is 7.79. The van der Waals surface area contributed by atoms with Crippen LogP contribution in [0.5, 0.6) is 11.5 Å². The number of hydrogen-bond donors (Lipinski definition) is 1. The van der Waals surface area contributed by atoms with Crippen molar-refractivity contribution in [2.24, 2.45) is 0 Å². The summed E-state index contributed by atoms with van der Waals surface area (Å²) in [6.45, 7) is 3.93. The molecule has 0 aliphatic heterocycles. The van der Waals surface area contributed by atoms with Crippen LogP contribution in [-0.2, 0) is 0 Å². The molecule has 1 rings (SSSR count). The van der Waals surface area contributed by atoms with Crippen LogP contribution in [0.4, 0.5) is 0 Å². The first-order valence-corrected chi connectivity index (χ1v) is 3.64. The monoisotopic (exact) mass is 208 g/mol. The molecule has 4 heteroatoms. The Hall–Kier alpha value is 0.416. The van der Waals surface area contributed by atoms with Gasteiger partial charge in [-0.15, -0.1) is 0 Å². The molecule has 0 aromatic heterocycles. The van der Waals surface area contributed by atoms with E-state index in [0.717, 1.165) is 5.75 Å². The number of benzene rings is 1. The van der Waals surface area contributed by atoms with Gasteiger partial charge in [0.15, 0.2) is 0 Å². The van der Waals surface area contributed by atoms with E-state index < -0.39 is 0 Å². The van der Waals surface area contributed by atoms with Gasteiger partial charge in [-0.25, -0.2) is 0 Å². The van der Waals surface area contributed by atoms with Crippen molar-refractivity contribution in [3.05, 3.63) is 24.3 Å². The fourth-order valence-electron chi connectivity index (χ4n) is 0.797. The maximum atomic E-state index is 8.94. The molecule has 0 spiro atoms. The average Bonchev–Trinajstić information content (AvgIpc) is 1.93. The zero-order chi connectivity index (χ0) is 8.27. The van der Waals surface area contributed by atoms with Gasteiger partial charge in [0.2, 0.25) is 0 Å². The molecule has 68 valence electrons. The van der Waals surface area contributed by atoms with Crippen molar-refractivity contribution in [2.45, 2.75) is 20.0 Å². The van der Waals surface area contributed by atoms with E-state index in [1.807, 2.05) is 13.8 Å². The second-order valence-corrected chi connectivity index (χ2v) is 2.66. The number of ether oxygens (including phenoxy) is 1. The van der Waals surface area contributed by atoms with Crippen molar-refractivity contribution >= 4 is 0 Å². The fraction of sp³-hybridized carbons (Fsp3) is 0.333. The molecular weight excluding hydrogens is 195 g/mol. The van der Waals surface area contributed by atoms with Gasteiger partial charge >= 0.3 is 51.4 Å². The first-order chi connectivity index (χ1) is 5.18. The summed E-state index contributed by atoms with van der Waals surface area (Å²) in [4.78, 5) is 0. The Morgan fingerprint density at radius 2 is 1.62 bits per heavy atom. The van der Waals surface area contributed by atoms with Crippen molar-refractivity contribution < 1.29 is 66.7 Å². The van der Waals surface area contributed by atoms with Gasteiger partial charge in [-0.05, 0) is 38.1 Å². The molecule has 0 unspecified atom stereocenters. The number of phenolic OH excluding ortho intramolecular Hbond substituents is 1. The van der Waals surface area contributed by atoms with Crippen LogP contribution in [-0.4, -0.2) is 16.7 Å². The number of aromatic hydroxyl groups is 1. The number of hydrogen-bond acceptors (Lipinski definition) is 3. The Labute approximate surface area is 121 Å². The number of rotatable bonds is 2. The molecule has 0 saturated carbocycles. The van der Waals surface area contributed by atoms with E-state index in [4.69, 9.17) is 9.84 Å². The Bertz CT molecular complexity index is 221. The molecule has 0 radical (unpaired) electrons. The molecule has 0 fully saturated rings. The van der Waals surface area contributed by atoms with E-state index >= 15 is 0 Å². The van der Waals surface area contributed by atoms with Crippen molar-refractivity contribution in [3.63, 3.8) is 0 Å². The smallest absolute Gasteiger partial charge is 0.870 e. The molecule has 3 nitrogen and oxygen atoms in total. The minimum Gasteiger partial charge on any atom is -0.870 e. The molecule has 1 aromatic rings. The van der Waals surface area contributed by atoms with Crippen LogP contribution in [0.15, 0.2) is 24.3 Å². The van der Waals surface area contributed by atoms with Crippen LogP contribution < -0.4 is 56.1 Å². The molecule has 0 bridgehead atoms. The Morgan fingerprint density at radius 1 is 1.15 bits per heavy atom. The van der Waals surface area contributed by atoms with Crippen molar-refractivity contribution in [3.8, 4) is 11.5 Å². The zero-order valence-electron chi connectivity index (χ0n) is 8.19. The minimum atomic E-state index is 0. The number of phenols is 1. The summed E-state index contributed by atoms with van der Waals surface area (Å²) in [5.74, 6) is 1.05. The maximum absolute atomic E-state index is 8.94. The third-order valence-corrected chi connectivity index (χ3v) is 1.21. The van der Waals surface area contributed by atoms with Gasteiger partial charge in [0.1, 0.15) is 11.5 Å². The van der Waals surface area contributed by atoms with E-state index in [1.54, 1.807) is 24.3 Å². The van der Waals surface area contributed by atoms with Gasteiger partial charge in [0.25, 0.3) is 0 Å². The normalized spacial score (nSPS) is 8.54. The van der Waals surface area contributed by atoms with E-state index in [0.29, 0.717) is 0 Å². The third-order valence-electron chi connectivity index (χ3n) is 1.21.